The van der Waals surface area contributed by atoms with Crippen LogP contribution in [0, 0.1) is 13.8 Å². The van der Waals surface area contributed by atoms with E-state index < -0.39 is 0 Å². The van der Waals surface area contributed by atoms with Gasteiger partial charge in [-0.1, -0.05) is 30.3 Å². The molecule has 0 spiro atoms. The standard InChI is InChI=1S/C16H15N/c1-11-5-3-6-12(2)16(11)14-7-4-8-15-13(14)9-10-17-15/h3-10,17H,1-2H3. The molecule has 84 valence electrons. The fourth-order valence-corrected chi connectivity index (χ4v) is 2.54. The smallest absolute Gasteiger partial charge is 0.0460 e. The normalized spacial score (nSPS) is 10.9. The van der Waals surface area contributed by atoms with Crippen LogP contribution in [-0.2, 0) is 0 Å². The van der Waals surface area contributed by atoms with Crippen LogP contribution in [0.25, 0.3) is 22.0 Å². The lowest BCUT2D eigenvalue weighted by Crippen LogP contribution is -1.88. The Bertz CT molecular complexity index is 657. The number of rotatable bonds is 1. The SMILES string of the molecule is Cc1cccc(C)c1-c1cccc2[nH]ccc12. The number of nitrogens with one attached hydrogen (secondary N) is 1. The van der Waals surface area contributed by atoms with Gasteiger partial charge in [-0.25, -0.2) is 0 Å². The minimum atomic E-state index is 1.20. The number of hydrogen-bond acceptors (Lipinski definition) is 0. The molecule has 0 amide bonds. The highest BCUT2D eigenvalue weighted by atomic mass is 14.7. The second-order valence-electron chi connectivity index (χ2n) is 4.51. The van der Waals surface area contributed by atoms with E-state index in [4.69, 9.17) is 0 Å². The fraction of sp³-hybridized carbons (Fsp3) is 0.125. The Morgan fingerprint density at radius 3 is 2.29 bits per heavy atom. The van der Waals surface area contributed by atoms with Gasteiger partial charge in [0, 0.05) is 17.1 Å². The molecule has 2 aromatic carbocycles. The highest BCUT2D eigenvalue weighted by Gasteiger charge is 2.08. The summed E-state index contributed by atoms with van der Waals surface area (Å²) in [4.78, 5) is 3.27. The molecule has 0 saturated carbocycles. The van der Waals surface area contributed by atoms with Gasteiger partial charge < -0.3 is 4.98 Å². The molecule has 0 aliphatic heterocycles. The van der Waals surface area contributed by atoms with E-state index in [1.807, 2.05) is 6.20 Å². The van der Waals surface area contributed by atoms with E-state index in [1.165, 1.54) is 33.2 Å². The minimum absolute atomic E-state index is 1.20. The number of aromatic nitrogens is 1. The third kappa shape index (κ3) is 1.55. The highest BCUT2D eigenvalue weighted by molar-refractivity contribution is 5.96. The lowest BCUT2D eigenvalue weighted by atomic mass is 9.94. The summed E-state index contributed by atoms with van der Waals surface area (Å²) in [6.45, 7) is 4.35. The zero-order valence-corrected chi connectivity index (χ0v) is 10.1. The van der Waals surface area contributed by atoms with Crippen LogP contribution in [0.1, 0.15) is 11.1 Å². The summed E-state index contributed by atoms with van der Waals surface area (Å²) in [5, 5.41) is 1.30. The van der Waals surface area contributed by atoms with Crippen LogP contribution in [0.4, 0.5) is 0 Å². The van der Waals surface area contributed by atoms with E-state index in [1.54, 1.807) is 0 Å². The van der Waals surface area contributed by atoms with Gasteiger partial charge in [-0.2, -0.15) is 0 Å². The Balaban J connectivity index is 2.38. The molecule has 1 heterocycles. The van der Waals surface area contributed by atoms with Crippen LogP contribution in [-0.4, -0.2) is 4.98 Å². The van der Waals surface area contributed by atoms with Crippen molar-refractivity contribution >= 4 is 10.9 Å². The first-order valence-electron chi connectivity index (χ1n) is 5.90. The highest BCUT2D eigenvalue weighted by Crippen LogP contribution is 2.32. The molecule has 0 unspecified atom stereocenters. The van der Waals surface area contributed by atoms with E-state index in [0.29, 0.717) is 0 Å². The average Bonchev–Trinajstić information content (AvgIpc) is 2.77. The monoisotopic (exact) mass is 221 g/mol. The first-order chi connectivity index (χ1) is 8.27. The number of benzene rings is 2. The van der Waals surface area contributed by atoms with Gasteiger partial charge >= 0.3 is 0 Å². The van der Waals surface area contributed by atoms with Crippen LogP contribution >= 0.6 is 0 Å². The zero-order valence-electron chi connectivity index (χ0n) is 10.1. The topological polar surface area (TPSA) is 15.8 Å². The molecule has 3 aromatic rings. The molecule has 0 saturated heterocycles. The minimum Gasteiger partial charge on any atom is -0.361 e. The predicted molar refractivity (Wildman–Crippen MR) is 73.2 cm³/mol. The van der Waals surface area contributed by atoms with Crippen LogP contribution in [0.2, 0.25) is 0 Å². The summed E-state index contributed by atoms with van der Waals surface area (Å²) in [6.07, 6.45) is 2.00. The van der Waals surface area contributed by atoms with Gasteiger partial charge in [0.25, 0.3) is 0 Å². The summed E-state index contributed by atoms with van der Waals surface area (Å²) >= 11 is 0. The Labute approximate surface area is 101 Å². The van der Waals surface area contributed by atoms with Crippen LogP contribution in [0.3, 0.4) is 0 Å². The molecule has 1 aromatic heterocycles. The number of aryl methyl sites for hydroxylation is 2. The molecular weight excluding hydrogens is 206 g/mol. The third-order valence-electron chi connectivity index (χ3n) is 3.35. The maximum Gasteiger partial charge on any atom is 0.0460 e. The van der Waals surface area contributed by atoms with Crippen molar-refractivity contribution in [1.29, 1.82) is 0 Å². The quantitative estimate of drug-likeness (QED) is 0.624. The van der Waals surface area contributed by atoms with Crippen LogP contribution in [0.15, 0.2) is 48.7 Å². The molecule has 17 heavy (non-hydrogen) atoms. The molecule has 0 bridgehead atoms. The van der Waals surface area contributed by atoms with Gasteiger partial charge in [0.15, 0.2) is 0 Å². The Hall–Kier alpha value is -2.02. The Morgan fingerprint density at radius 2 is 1.53 bits per heavy atom. The molecule has 0 aliphatic rings. The van der Waals surface area contributed by atoms with Crippen LogP contribution in [0.5, 0.6) is 0 Å². The van der Waals surface area contributed by atoms with Gasteiger partial charge in [-0.15, -0.1) is 0 Å². The second kappa shape index (κ2) is 3.77. The summed E-state index contributed by atoms with van der Waals surface area (Å²) in [5.41, 5.74) is 6.54. The van der Waals surface area contributed by atoms with Gasteiger partial charge in [-0.05, 0) is 48.2 Å². The van der Waals surface area contributed by atoms with E-state index in [2.05, 4.69) is 61.3 Å². The Kier molecular flexibility index (Phi) is 2.25. The second-order valence-corrected chi connectivity index (χ2v) is 4.51. The summed E-state index contributed by atoms with van der Waals surface area (Å²) in [6, 6.07) is 15.0. The zero-order chi connectivity index (χ0) is 11.8. The predicted octanol–water partition coefficient (Wildman–Crippen LogP) is 4.45. The van der Waals surface area contributed by atoms with Crippen molar-refractivity contribution in [3.63, 3.8) is 0 Å². The number of aromatic amines is 1. The van der Waals surface area contributed by atoms with Gasteiger partial charge in [0.05, 0.1) is 0 Å². The lowest BCUT2D eigenvalue weighted by molar-refractivity contribution is 1.38. The number of fused-ring (bicyclic) bond motifs is 1. The van der Waals surface area contributed by atoms with Crippen molar-refractivity contribution in [2.45, 2.75) is 13.8 Å². The summed E-state index contributed by atoms with van der Waals surface area (Å²) in [7, 11) is 0. The molecular formula is C16H15N. The molecule has 1 nitrogen and oxygen atoms in total. The van der Waals surface area contributed by atoms with Crippen molar-refractivity contribution in [3.05, 3.63) is 59.8 Å². The summed E-state index contributed by atoms with van der Waals surface area (Å²) < 4.78 is 0. The molecule has 0 fully saturated rings. The molecule has 0 atom stereocenters. The first kappa shape index (κ1) is 10.2. The first-order valence-corrected chi connectivity index (χ1v) is 5.90. The molecule has 1 heteroatoms. The largest absolute Gasteiger partial charge is 0.361 e. The van der Waals surface area contributed by atoms with E-state index in [0.717, 1.165) is 0 Å². The average molecular weight is 221 g/mol. The van der Waals surface area contributed by atoms with E-state index in [9.17, 15) is 0 Å². The van der Waals surface area contributed by atoms with Gasteiger partial charge in [0.1, 0.15) is 0 Å². The lowest BCUT2D eigenvalue weighted by Gasteiger charge is -2.11. The molecule has 0 aliphatic carbocycles. The van der Waals surface area contributed by atoms with Crippen molar-refractivity contribution in [2.75, 3.05) is 0 Å². The number of H-pyrrole nitrogens is 1. The maximum absolute atomic E-state index is 3.27. The number of hydrogen-bond donors (Lipinski definition) is 1. The van der Waals surface area contributed by atoms with Gasteiger partial charge in [-0.3, -0.25) is 0 Å². The molecule has 1 N–H and O–H groups in total. The molecule has 0 radical (unpaired) electrons. The molecule has 3 rings (SSSR count). The van der Waals surface area contributed by atoms with Crippen molar-refractivity contribution in [2.24, 2.45) is 0 Å². The Morgan fingerprint density at radius 1 is 0.824 bits per heavy atom. The van der Waals surface area contributed by atoms with Crippen molar-refractivity contribution in [3.8, 4) is 11.1 Å². The third-order valence-corrected chi connectivity index (χ3v) is 3.35. The van der Waals surface area contributed by atoms with Crippen molar-refractivity contribution < 1.29 is 0 Å². The fourth-order valence-electron chi connectivity index (χ4n) is 2.54. The van der Waals surface area contributed by atoms with Crippen LogP contribution < -0.4 is 0 Å². The maximum atomic E-state index is 3.27. The van der Waals surface area contributed by atoms with Gasteiger partial charge in [0.2, 0.25) is 0 Å². The van der Waals surface area contributed by atoms with E-state index >= 15 is 0 Å². The van der Waals surface area contributed by atoms with Crippen molar-refractivity contribution in [1.82, 2.24) is 4.98 Å². The van der Waals surface area contributed by atoms with E-state index in [-0.39, 0.29) is 0 Å². The summed E-state index contributed by atoms with van der Waals surface area (Å²) in [5.74, 6) is 0.